The lowest BCUT2D eigenvalue weighted by molar-refractivity contribution is -0.384. The van der Waals surface area contributed by atoms with Crippen molar-refractivity contribution in [3.63, 3.8) is 0 Å². The number of aromatic nitrogens is 1. The number of pyridine rings is 1. The first-order valence-corrected chi connectivity index (χ1v) is 8.28. The molecule has 25 heavy (non-hydrogen) atoms. The molecule has 0 radical (unpaired) electrons. The molecule has 2 heterocycles. The minimum atomic E-state index is -0.803. The SMILES string of the molecule is O=C1Nc2nc(Cl)ccc2C2(CCc3ccc([N+](=O)[O-])cc3CC2)O1. The zero-order chi connectivity index (χ0) is 17.6. The standard InChI is InChI=1S/C17H14ClN3O4/c18-14-4-3-13-15(19-14)20-16(22)25-17(13)7-5-10-1-2-12(21(23)24)9-11(10)6-8-17/h1-4,9H,5-8H2,(H,19,20,22). The van der Waals surface area contributed by atoms with Gasteiger partial charge in [-0.3, -0.25) is 15.4 Å². The van der Waals surface area contributed by atoms with Gasteiger partial charge in [-0.25, -0.2) is 9.78 Å². The van der Waals surface area contributed by atoms with Gasteiger partial charge in [0.2, 0.25) is 0 Å². The molecule has 1 amide bonds. The lowest BCUT2D eigenvalue weighted by Gasteiger charge is -2.37. The molecule has 128 valence electrons. The number of amides is 1. The average Bonchev–Trinajstić information content (AvgIpc) is 2.74. The number of non-ortho nitro benzene ring substituents is 1. The molecule has 0 fully saturated rings. The second-order valence-electron chi connectivity index (χ2n) is 6.25. The van der Waals surface area contributed by atoms with Crippen LogP contribution in [0.3, 0.4) is 0 Å². The van der Waals surface area contributed by atoms with Crippen LogP contribution >= 0.6 is 11.6 Å². The highest BCUT2D eigenvalue weighted by Gasteiger charge is 2.43. The summed E-state index contributed by atoms with van der Waals surface area (Å²) >= 11 is 5.94. The maximum Gasteiger partial charge on any atom is 0.413 e. The highest BCUT2D eigenvalue weighted by atomic mass is 35.5. The van der Waals surface area contributed by atoms with E-state index in [-0.39, 0.29) is 5.69 Å². The number of anilines is 1. The molecule has 8 heteroatoms. The summed E-state index contributed by atoms with van der Waals surface area (Å²) in [6.45, 7) is 0. The zero-order valence-corrected chi connectivity index (χ0v) is 13.9. The number of carbonyl (C=O) groups is 1. The highest BCUT2D eigenvalue weighted by molar-refractivity contribution is 6.29. The van der Waals surface area contributed by atoms with E-state index in [0.29, 0.717) is 36.7 Å². The van der Waals surface area contributed by atoms with Crippen molar-refractivity contribution in [1.29, 1.82) is 0 Å². The van der Waals surface area contributed by atoms with Gasteiger partial charge in [0.05, 0.1) is 4.92 Å². The third-order valence-electron chi connectivity index (χ3n) is 4.86. The number of nitro benzene ring substituents is 1. The van der Waals surface area contributed by atoms with Crippen molar-refractivity contribution in [2.45, 2.75) is 31.3 Å². The van der Waals surface area contributed by atoms with Crippen LogP contribution in [0.15, 0.2) is 30.3 Å². The third kappa shape index (κ3) is 2.70. The van der Waals surface area contributed by atoms with Crippen molar-refractivity contribution in [3.05, 3.63) is 62.3 Å². The average molecular weight is 360 g/mol. The number of carbonyl (C=O) groups excluding carboxylic acids is 1. The number of hydrogen-bond donors (Lipinski definition) is 1. The van der Waals surface area contributed by atoms with Gasteiger partial charge in [-0.1, -0.05) is 17.7 Å². The first-order chi connectivity index (χ1) is 12.0. The molecule has 1 aliphatic heterocycles. The maximum atomic E-state index is 12.0. The first kappa shape index (κ1) is 15.8. The van der Waals surface area contributed by atoms with Crippen LogP contribution in [0.25, 0.3) is 0 Å². The molecule has 0 bridgehead atoms. The molecule has 1 aromatic heterocycles. The Labute approximate surface area is 148 Å². The summed E-state index contributed by atoms with van der Waals surface area (Å²) in [4.78, 5) is 26.8. The van der Waals surface area contributed by atoms with Gasteiger partial charge in [0.1, 0.15) is 16.6 Å². The van der Waals surface area contributed by atoms with Crippen LogP contribution in [0, 0.1) is 10.1 Å². The fraction of sp³-hybridized carbons (Fsp3) is 0.294. The second kappa shape index (κ2) is 5.70. The van der Waals surface area contributed by atoms with Crippen molar-refractivity contribution < 1.29 is 14.5 Å². The van der Waals surface area contributed by atoms with E-state index in [9.17, 15) is 14.9 Å². The molecule has 7 nitrogen and oxygen atoms in total. The lowest BCUT2D eigenvalue weighted by Crippen LogP contribution is -2.40. The molecule has 1 N–H and O–H groups in total. The van der Waals surface area contributed by atoms with Crippen LogP contribution in [0.4, 0.5) is 16.3 Å². The topological polar surface area (TPSA) is 94.4 Å². The number of aryl methyl sites for hydroxylation is 2. The number of nitro groups is 1. The number of rotatable bonds is 1. The van der Waals surface area contributed by atoms with E-state index in [1.54, 1.807) is 18.2 Å². The summed E-state index contributed by atoms with van der Waals surface area (Å²) in [5.41, 5.74) is 2.03. The van der Waals surface area contributed by atoms with Crippen LogP contribution in [0.5, 0.6) is 0 Å². The van der Waals surface area contributed by atoms with Gasteiger partial charge in [-0.2, -0.15) is 0 Å². The van der Waals surface area contributed by atoms with Crippen molar-refractivity contribution in [2.75, 3.05) is 5.32 Å². The Morgan fingerprint density at radius 2 is 1.96 bits per heavy atom. The number of halogens is 1. The van der Waals surface area contributed by atoms with Gasteiger partial charge >= 0.3 is 6.09 Å². The molecule has 1 aliphatic carbocycles. The molecule has 0 saturated heterocycles. The van der Waals surface area contributed by atoms with E-state index >= 15 is 0 Å². The van der Waals surface area contributed by atoms with Crippen molar-refractivity contribution in [1.82, 2.24) is 4.98 Å². The van der Waals surface area contributed by atoms with Crippen LogP contribution in [0.2, 0.25) is 5.15 Å². The monoisotopic (exact) mass is 359 g/mol. The summed E-state index contributed by atoms with van der Waals surface area (Å²) in [7, 11) is 0. The Morgan fingerprint density at radius 1 is 1.20 bits per heavy atom. The number of fused-ring (bicyclic) bond motifs is 3. The largest absolute Gasteiger partial charge is 0.438 e. The summed E-state index contributed by atoms with van der Waals surface area (Å²) in [6, 6.07) is 8.41. The van der Waals surface area contributed by atoms with Crippen LogP contribution in [0.1, 0.15) is 29.5 Å². The van der Waals surface area contributed by atoms with E-state index < -0.39 is 16.6 Å². The number of nitrogens with zero attached hydrogens (tertiary/aromatic N) is 2. The quantitative estimate of drug-likeness (QED) is 0.472. The Hall–Kier alpha value is -2.67. The van der Waals surface area contributed by atoms with E-state index in [1.807, 2.05) is 6.07 Å². The predicted octanol–water partition coefficient (Wildman–Crippen LogP) is 3.98. The van der Waals surface area contributed by atoms with E-state index in [2.05, 4.69) is 10.3 Å². The molecule has 2 aliphatic rings. The summed E-state index contributed by atoms with van der Waals surface area (Å²) in [6.07, 6.45) is 1.79. The smallest absolute Gasteiger partial charge is 0.413 e. The number of nitrogens with one attached hydrogen (secondary N) is 1. The van der Waals surface area contributed by atoms with Gasteiger partial charge in [0.25, 0.3) is 5.69 Å². The van der Waals surface area contributed by atoms with Gasteiger partial charge < -0.3 is 4.74 Å². The Morgan fingerprint density at radius 3 is 2.72 bits per heavy atom. The molecule has 4 rings (SSSR count). The van der Waals surface area contributed by atoms with Crippen LogP contribution < -0.4 is 5.32 Å². The zero-order valence-electron chi connectivity index (χ0n) is 13.1. The van der Waals surface area contributed by atoms with E-state index in [1.165, 1.54) is 6.07 Å². The number of ether oxygens (including phenoxy) is 1. The van der Waals surface area contributed by atoms with Crippen molar-refractivity contribution in [3.8, 4) is 0 Å². The summed E-state index contributed by atoms with van der Waals surface area (Å²) in [5, 5.41) is 13.9. The first-order valence-electron chi connectivity index (χ1n) is 7.90. The van der Waals surface area contributed by atoms with Gasteiger partial charge in [0.15, 0.2) is 0 Å². The molecule has 1 unspecified atom stereocenters. The molecule has 0 saturated carbocycles. The van der Waals surface area contributed by atoms with Gasteiger partial charge in [-0.15, -0.1) is 0 Å². The van der Waals surface area contributed by atoms with Gasteiger partial charge in [0, 0.05) is 17.7 Å². The molecule has 1 atom stereocenters. The van der Waals surface area contributed by atoms with E-state index in [0.717, 1.165) is 16.7 Å². The van der Waals surface area contributed by atoms with E-state index in [4.69, 9.17) is 16.3 Å². The molecule has 2 aromatic rings. The Bertz CT molecular complexity index is 901. The van der Waals surface area contributed by atoms with Crippen molar-refractivity contribution >= 4 is 29.2 Å². The second-order valence-corrected chi connectivity index (χ2v) is 6.64. The van der Waals surface area contributed by atoms with Gasteiger partial charge in [-0.05, 0) is 48.9 Å². The molecular formula is C17H14ClN3O4. The van der Waals surface area contributed by atoms with Crippen molar-refractivity contribution in [2.24, 2.45) is 0 Å². The third-order valence-corrected chi connectivity index (χ3v) is 5.07. The van der Waals surface area contributed by atoms with Crippen LogP contribution in [-0.4, -0.2) is 16.0 Å². The minimum Gasteiger partial charge on any atom is -0.438 e. The number of hydrogen-bond acceptors (Lipinski definition) is 5. The Balaban J connectivity index is 1.74. The lowest BCUT2D eigenvalue weighted by atomic mass is 9.85. The maximum absolute atomic E-state index is 12.0. The normalized spacial score (nSPS) is 21.6. The highest BCUT2D eigenvalue weighted by Crippen LogP contribution is 2.44. The Kier molecular flexibility index (Phi) is 3.61. The fourth-order valence-corrected chi connectivity index (χ4v) is 3.77. The fourth-order valence-electron chi connectivity index (χ4n) is 3.62. The summed E-state index contributed by atoms with van der Waals surface area (Å²) in [5.74, 6) is 0.417. The predicted molar refractivity (Wildman–Crippen MR) is 90.8 cm³/mol. The number of benzene rings is 1. The molecular weight excluding hydrogens is 346 g/mol. The summed E-state index contributed by atoms with van der Waals surface area (Å²) < 4.78 is 5.70. The molecule has 1 spiro atoms. The van der Waals surface area contributed by atoms with Crippen LogP contribution in [-0.2, 0) is 23.2 Å². The minimum absolute atomic E-state index is 0.0749. The molecule has 1 aromatic carbocycles.